The van der Waals surface area contributed by atoms with E-state index in [1.165, 1.54) is 0 Å². The minimum absolute atomic E-state index is 0.0594. The normalized spacial score (nSPS) is 19.2. The van der Waals surface area contributed by atoms with Crippen LogP contribution in [0.4, 0.5) is 10.6 Å². The Morgan fingerprint density at radius 1 is 1.08 bits per heavy atom. The van der Waals surface area contributed by atoms with E-state index < -0.39 is 13.7 Å². The maximum absolute atomic E-state index is 13.3. The molecular formula is C37H52N8O4Si. The third kappa shape index (κ3) is 7.73. The first-order valence-corrected chi connectivity index (χ1v) is 21.5. The van der Waals surface area contributed by atoms with Crippen LogP contribution >= 0.6 is 0 Å². The Bertz CT molecular complexity index is 1820. The first-order chi connectivity index (χ1) is 23.7. The lowest BCUT2D eigenvalue weighted by atomic mass is 9.85. The van der Waals surface area contributed by atoms with E-state index in [1.54, 1.807) is 4.68 Å². The maximum atomic E-state index is 13.3. The number of hydrogen-bond donors (Lipinski definition) is 1. The van der Waals surface area contributed by atoms with Crippen molar-refractivity contribution in [1.82, 2.24) is 34.3 Å². The molecule has 0 spiro atoms. The van der Waals surface area contributed by atoms with Crippen LogP contribution in [-0.4, -0.2) is 86.1 Å². The van der Waals surface area contributed by atoms with Crippen molar-refractivity contribution < 1.29 is 19.0 Å². The molecule has 6 heterocycles. The van der Waals surface area contributed by atoms with E-state index >= 15 is 0 Å². The van der Waals surface area contributed by atoms with Crippen molar-refractivity contribution in [2.75, 3.05) is 25.3 Å². The van der Waals surface area contributed by atoms with Gasteiger partial charge in [0.05, 0.1) is 29.8 Å². The summed E-state index contributed by atoms with van der Waals surface area (Å²) in [6, 6.07) is 7.15. The molecule has 13 heteroatoms. The van der Waals surface area contributed by atoms with Gasteiger partial charge in [-0.1, -0.05) is 32.3 Å². The van der Waals surface area contributed by atoms with Gasteiger partial charge >= 0.3 is 6.09 Å². The molecule has 2 saturated heterocycles. The average Bonchev–Trinajstić information content (AvgIpc) is 3.74. The zero-order valence-corrected chi connectivity index (χ0v) is 31.8. The average molecular weight is 701 g/mol. The smallest absolute Gasteiger partial charge is 0.410 e. The Morgan fingerprint density at radius 3 is 2.42 bits per heavy atom. The molecule has 0 saturated carbocycles. The van der Waals surface area contributed by atoms with Crippen LogP contribution < -0.4 is 5.32 Å². The summed E-state index contributed by atoms with van der Waals surface area (Å²) >= 11 is 0. The van der Waals surface area contributed by atoms with Gasteiger partial charge < -0.3 is 24.4 Å². The third-order valence-electron chi connectivity index (χ3n) is 9.39. The second kappa shape index (κ2) is 14.2. The van der Waals surface area contributed by atoms with Gasteiger partial charge in [0, 0.05) is 63.3 Å². The summed E-state index contributed by atoms with van der Waals surface area (Å²) in [7, 11) is 0.636. The SMILES string of the molecule is C=C(OCC)c1c([C@@H]2C[C@H]3CC[C@@H](C2)N3C(=O)OC(C)(C)C)nc2c(-c3ccc(-c4ccn(C)n4)nc3)cnn2c1NCOCC[Si](C)(C)C. The number of amides is 1. The first kappa shape index (κ1) is 35.6. The number of rotatable bonds is 12. The highest BCUT2D eigenvalue weighted by Crippen LogP contribution is 2.46. The van der Waals surface area contributed by atoms with Crippen molar-refractivity contribution in [3.63, 3.8) is 0 Å². The third-order valence-corrected chi connectivity index (χ3v) is 11.1. The summed E-state index contributed by atoms with van der Waals surface area (Å²) < 4.78 is 21.7. The molecule has 3 atom stereocenters. The van der Waals surface area contributed by atoms with Crippen LogP contribution in [0.5, 0.6) is 0 Å². The van der Waals surface area contributed by atoms with Crippen molar-refractivity contribution in [3.05, 3.63) is 54.6 Å². The number of anilines is 1. The van der Waals surface area contributed by atoms with Crippen molar-refractivity contribution in [2.24, 2.45) is 7.05 Å². The maximum Gasteiger partial charge on any atom is 0.410 e. The molecule has 268 valence electrons. The molecule has 2 bridgehead atoms. The lowest BCUT2D eigenvalue weighted by Crippen LogP contribution is -2.48. The van der Waals surface area contributed by atoms with E-state index in [4.69, 9.17) is 29.3 Å². The quantitative estimate of drug-likeness (QED) is 0.0691. The van der Waals surface area contributed by atoms with Gasteiger partial charge in [0.1, 0.15) is 29.6 Å². The standard InChI is InChI=1S/C37H52N8O4Si/c1-10-48-24(2)32-33(26-19-27-12-13-28(20-26)44(27)36(46)49-37(3,4)5)41-34-29(25-11-14-30(38-21-25)31-15-16-43(6)42-31)22-40-45(34)35(32)39-23-47-17-18-50(7,8)9/h11,14-16,21-22,26-28,39H,2,10,12-13,17-20,23H2,1,3-9H3/t26-,27-,28+. The van der Waals surface area contributed by atoms with Gasteiger partial charge in [-0.2, -0.15) is 14.7 Å². The molecule has 0 aromatic carbocycles. The van der Waals surface area contributed by atoms with Crippen LogP contribution in [0.25, 0.3) is 33.9 Å². The molecule has 2 fully saturated rings. The minimum Gasteiger partial charge on any atom is -0.494 e. The highest BCUT2D eigenvalue weighted by atomic mass is 28.3. The number of pyridine rings is 1. The number of ether oxygens (including phenoxy) is 3. The van der Waals surface area contributed by atoms with Gasteiger partial charge in [0.25, 0.3) is 0 Å². The number of aryl methyl sites for hydroxylation is 1. The highest BCUT2D eigenvalue weighted by molar-refractivity contribution is 6.76. The number of aromatic nitrogens is 6. The summed E-state index contributed by atoms with van der Waals surface area (Å²) in [4.78, 5) is 25.4. The minimum atomic E-state index is -1.26. The van der Waals surface area contributed by atoms with Crippen LogP contribution in [0.15, 0.2) is 43.4 Å². The molecule has 0 aliphatic carbocycles. The zero-order valence-electron chi connectivity index (χ0n) is 30.8. The summed E-state index contributed by atoms with van der Waals surface area (Å²) in [5, 5.41) is 12.9. The van der Waals surface area contributed by atoms with Gasteiger partial charge in [-0.05, 0) is 71.6 Å². The van der Waals surface area contributed by atoms with Gasteiger partial charge in [0.15, 0.2) is 5.65 Å². The summed E-state index contributed by atoms with van der Waals surface area (Å²) in [6.07, 6.45) is 8.76. The van der Waals surface area contributed by atoms with Gasteiger partial charge in [0.2, 0.25) is 0 Å². The van der Waals surface area contributed by atoms with Crippen molar-refractivity contribution in [1.29, 1.82) is 0 Å². The van der Waals surface area contributed by atoms with E-state index in [9.17, 15) is 4.79 Å². The van der Waals surface area contributed by atoms with Crippen LogP contribution in [0, 0.1) is 0 Å². The zero-order chi connectivity index (χ0) is 35.8. The van der Waals surface area contributed by atoms with Gasteiger partial charge in [-0.15, -0.1) is 0 Å². The van der Waals surface area contributed by atoms with Crippen LogP contribution in [0.2, 0.25) is 25.7 Å². The summed E-state index contributed by atoms with van der Waals surface area (Å²) in [5.74, 6) is 1.31. The monoisotopic (exact) mass is 700 g/mol. The number of nitrogens with zero attached hydrogens (tertiary/aromatic N) is 7. The number of hydrogen-bond acceptors (Lipinski definition) is 9. The molecule has 50 heavy (non-hydrogen) atoms. The number of carbonyl (C=O) groups excluding carboxylic acids is 1. The largest absolute Gasteiger partial charge is 0.494 e. The number of nitrogens with one attached hydrogen (secondary N) is 1. The molecular weight excluding hydrogens is 649 g/mol. The summed E-state index contributed by atoms with van der Waals surface area (Å²) in [6.45, 7) is 20.5. The van der Waals surface area contributed by atoms with Gasteiger partial charge in [-0.3, -0.25) is 9.67 Å². The molecule has 2 aliphatic heterocycles. The molecule has 4 aromatic heterocycles. The lowest BCUT2D eigenvalue weighted by molar-refractivity contribution is 0.00567. The highest BCUT2D eigenvalue weighted by Gasteiger charge is 2.46. The van der Waals surface area contributed by atoms with Crippen LogP contribution in [0.3, 0.4) is 0 Å². The predicted molar refractivity (Wildman–Crippen MR) is 199 cm³/mol. The van der Waals surface area contributed by atoms with Crippen molar-refractivity contribution >= 4 is 31.4 Å². The molecule has 2 aliphatic rings. The van der Waals surface area contributed by atoms with E-state index in [0.29, 0.717) is 31.4 Å². The number of fused-ring (bicyclic) bond motifs is 3. The second-order valence-electron chi connectivity index (χ2n) is 15.7. The van der Waals surface area contributed by atoms with Gasteiger partial charge in [-0.25, -0.2) is 9.78 Å². The van der Waals surface area contributed by atoms with Crippen molar-refractivity contribution in [3.8, 4) is 22.5 Å². The van der Waals surface area contributed by atoms with Crippen molar-refractivity contribution in [2.45, 2.75) is 103 Å². The fraction of sp³-hybridized carbons (Fsp3) is 0.541. The lowest BCUT2D eigenvalue weighted by Gasteiger charge is -2.40. The molecule has 12 nitrogen and oxygen atoms in total. The molecule has 1 N–H and O–H groups in total. The fourth-order valence-corrected chi connectivity index (χ4v) is 7.79. The number of carbonyl (C=O) groups is 1. The molecule has 4 aromatic rings. The Hall–Kier alpha value is -4.23. The number of piperidine rings is 1. The second-order valence-corrected chi connectivity index (χ2v) is 21.3. The van der Waals surface area contributed by atoms with E-state index in [0.717, 1.165) is 71.3 Å². The fourth-order valence-electron chi connectivity index (χ4n) is 7.03. The Labute approximate surface area is 296 Å². The molecule has 1 amide bonds. The predicted octanol–water partition coefficient (Wildman–Crippen LogP) is 7.57. The van der Waals surface area contributed by atoms with Crippen LogP contribution in [0.1, 0.15) is 70.6 Å². The topological polar surface area (TPSA) is 121 Å². The first-order valence-electron chi connectivity index (χ1n) is 17.8. The summed E-state index contributed by atoms with van der Waals surface area (Å²) in [5.41, 5.74) is 5.19. The van der Waals surface area contributed by atoms with E-state index in [-0.39, 0.29) is 24.1 Å². The Balaban J connectivity index is 1.41. The molecule has 6 rings (SSSR count). The van der Waals surface area contributed by atoms with Crippen LogP contribution in [-0.2, 0) is 21.3 Å². The van der Waals surface area contributed by atoms with E-state index in [1.807, 2.05) is 80.9 Å². The molecule has 0 radical (unpaired) electrons. The molecule has 0 unspecified atom stereocenters. The Morgan fingerprint density at radius 2 is 1.82 bits per heavy atom. The Kier molecular flexibility index (Phi) is 10.1. The van der Waals surface area contributed by atoms with E-state index in [2.05, 4.69) is 36.6 Å².